The molecule has 0 aliphatic carbocycles. The van der Waals surface area contributed by atoms with Crippen LogP contribution in [0.25, 0.3) is 0 Å². The van der Waals surface area contributed by atoms with Gasteiger partial charge in [-0.05, 0) is 30.5 Å². The number of benzene rings is 2. The molecule has 1 heterocycles. The Kier molecular flexibility index (Phi) is 5.42. The molecule has 0 saturated carbocycles. The van der Waals surface area contributed by atoms with E-state index in [2.05, 4.69) is 5.32 Å². The van der Waals surface area contributed by atoms with Gasteiger partial charge in [0.2, 0.25) is 15.9 Å². The van der Waals surface area contributed by atoms with E-state index < -0.39 is 16.1 Å². The van der Waals surface area contributed by atoms with Gasteiger partial charge in [0.05, 0.1) is 5.02 Å². The van der Waals surface area contributed by atoms with Gasteiger partial charge in [-0.2, -0.15) is 4.31 Å². The molecular weight excluding hydrogens is 360 g/mol. The number of carbonyl (C=O) groups is 1. The van der Waals surface area contributed by atoms with Gasteiger partial charge in [-0.25, -0.2) is 8.42 Å². The lowest BCUT2D eigenvalue weighted by atomic mass is 10.2. The van der Waals surface area contributed by atoms with E-state index in [0.717, 1.165) is 5.56 Å². The van der Waals surface area contributed by atoms with E-state index in [0.29, 0.717) is 25.9 Å². The maximum absolute atomic E-state index is 12.9. The molecule has 5 nitrogen and oxygen atoms in total. The first-order valence-corrected chi connectivity index (χ1v) is 9.90. The van der Waals surface area contributed by atoms with Gasteiger partial charge in [0.25, 0.3) is 0 Å². The second-order valence-corrected chi connectivity index (χ2v) is 8.17. The second-order valence-electron chi connectivity index (χ2n) is 5.91. The van der Waals surface area contributed by atoms with E-state index in [1.165, 1.54) is 16.4 Å². The first kappa shape index (κ1) is 17.9. The van der Waals surface area contributed by atoms with Gasteiger partial charge in [0.15, 0.2) is 0 Å². The minimum absolute atomic E-state index is 0.0411. The smallest absolute Gasteiger partial charge is 0.245 e. The summed E-state index contributed by atoms with van der Waals surface area (Å²) in [5, 5.41) is 3.00. The van der Waals surface area contributed by atoms with Crippen molar-refractivity contribution in [1.82, 2.24) is 9.62 Å². The third kappa shape index (κ3) is 3.86. The molecule has 1 fully saturated rings. The highest BCUT2D eigenvalue weighted by atomic mass is 35.5. The average molecular weight is 379 g/mol. The normalized spacial score (nSPS) is 18.2. The van der Waals surface area contributed by atoms with E-state index in [-0.39, 0.29) is 15.8 Å². The van der Waals surface area contributed by atoms with Gasteiger partial charge in [-0.1, -0.05) is 54.1 Å². The van der Waals surface area contributed by atoms with Crippen molar-refractivity contribution in [2.75, 3.05) is 6.54 Å². The molecule has 2 aromatic rings. The molecule has 1 amide bonds. The lowest BCUT2D eigenvalue weighted by Gasteiger charge is -2.23. The molecule has 25 heavy (non-hydrogen) atoms. The number of carbonyl (C=O) groups excluding carboxylic acids is 1. The number of hydrogen-bond donors (Lipinski definition) is 1. The van der Waals surface area contributed by atoms with Crippen LogP contribution in [0.5, 0.6) is 0 Å². The summed E-state index contributed by atoms with van der Waals surface area (Å²) in [7, 11) is -3.81. The van der Waals surface area contributed by atoms with Crippen LogP contribution in [0.1, 0.15) is 18.4 Å². The van der Waals surface area contributed by atoms with Crippen LogP contribution in [0, 0.1) is 0 Å². The zero-order chi connectivity index (χ0) is 17.9. The van der Waals surface area contributed by atoms with Gasteiger partial charge in [0.1, 0.15) is 10.9 Å². The van der Waals surface area contributed by atoms with Crippen LogP contribution in [-0.4, -0.2) is 31.2 Å². The van der Waals surface area contributed by atoms with E-state index in [4.69, 9.17) is 11.6 Å². The summed E-state index contributed by atoms with van der Waals surface area (Å²) in [6, 6.07) is 15.1. The highest BCUT2D eigenvalue weighted by Gasteiger charge is 2.40. The van der Waals surface area contributed by atoms with Crippen molar-refractivity contribution in [1.29, 1.82) is 0 Å². The molecule has 2 aromatic carbocycles. The lowest BCUT2D eigenvalue weighted by Crippen LogP contribution is -2.45. The molecule has 0 unspecified atom stereocenters. The summed E-state index contributed by atoms with van der Waals surface area (Å²) < 4.78 is 27.1. The predicted molar refractivity (Wildman–Crippen MR) is 96.7 cm³/mol. The van der Waals surface area contributed by atoms with Gasteiger partial charge in [-0.15, -0.1) is 0 Å². The van der Waals surface area contributed by atoms with Gasteiger partial charge in [0, 0.05) is 13.1 Å². The van der Waals surface area contributed by atoms with Crippen molar-refractivity contribution in [3.05, 3.63) is 65.2 Å². The zero-order valence-corrected chi connectivity index (χ0v) is 15.1. The molecule has 0 radical (unpaired) electrons. The molecule has 0 spiro atoms. The summed E-state index contributed by atoms with van der Waals surface area (Å²) in [5.41, 5.74) is 0.967. The van der Waals surface area contributed by atoms with Crippen LogP contribution < -0.4 is 5.32 Å². The number of amides is 1. The van der Waals surface area contributed by atoms with E-state index >= 15 is 0 Å². The van der Waals surface area contributed by atoms with Crippen LogP contribution >= 0.6 is 11.6 Å². The Balaban J connectivity index is 1.76. The summed E-state index contributed by atoms with van der Waals surface area (Å²) >= 11 is 6.05. The number of nitrogens with zero attached hydrogens (tertiary/aromatic N) is 1. The Bertz CT molecular complexity index is 856. The number of nitrogens with one attached hydrogen (secondary N) is 1. The largest absolute Gasteiger partial charge is 0.351 e. The quantitative estimate of drug-likeness (QED) is 0.869. The fraction of sp³-hybridized carbons (Fsp3) is 0.278. The molecule has 1 aliphatic heterocycles. The maximum atomic E-state index is 12.9. The SMILES string of the molecule is O=C(NCc1ccccc1)[C@@H]1CCCN1S(=O)(=O)c1ccccc1Cl. The minimum atomic E-state index is -3.81. The van der Waals surface area contributed by atoms with Crippen molar-refractivity contribution < 1.29 is 13.2 Å². The Hall–Kier alpha value is -1.89. The highest BCUT2D eigenvalue weighted by molar-refractivity contribution is 7.89. The third-order valence-electron chi connectivity index (χ3n) is 4.24. The molecule has 0 bridgehead atoms. The van der Waals surface area contributed by atoms with Crippen molar-refractivity contribution >= 4 is 27.5 Å². The van der Waals surface area contributed by atoms with Crippen molar-refractivity contribution in [2.45, 2.75) is 30.3 Å². The number of rotatable bonds is 5. The maximum Gasteiger partial charge on any atom is 0.245 e. The van der Waals surface area contributed by atoms with Crippen LogP contribution in [0.15, 0.2) is 59.5 Å². The van der Waals surface area contributed by atoms with Crippen LogP contribution in [0.3, 0.4) is 0 Å². The van der Waals surface area contributed by atoms with Crippen molar-refractivity contribution in [2.24, 2.45) is 0 Å². The lowest BCUT2D eigenvalue weighted by molar-refractivity contribution is -0.124. The monoisotopic (exact) mass is 378 g/mol. The van der Waals surface area contributed by atoms with Crippen molar-refractivity contribution in [3.63, 3.8) is 0 Å². The summed E-state index contributed by atoms with van der Waals surface area (Å²) in [6.07, 6.45) is 1.15. The highest BCUT2D eigenvalue weighted by Crippen LogP contribution is 2.30. The number of halogens is 1. The summed E-state index contributed by atoms with van der Waals surface area (Å²) in [5.74, 6) is -0.281. The number of hydrogen-bond acceptors (Lipinski definition) is 3. The van der Waals surface area contributed by atoms with Gasteiger partial charge in [-0.3, -0.25) is 4.79 Å². The van der Waals surface area contributed by atoms with E-state index in [1.54, 1.807) is 12.1 Å². The summed E-state index contributed by atoms with van der Waals surface area (Å²) in [6.45, 7) is 0.688. The molecule has 1 atom stereocenters. The Morgan fingerprint density at radius 1 is 1.12 bits per heavy atom. The molecule has 7 heteroatoms. The molecule has 0 aromatic heterocycles. The average Bonchev–Trinajstić information content (AvgIpc) is 3.11. The standard InChI is InChI=1S/C18H19ClN2O3S/c19-15-9-4-5-11-17(15)25(23,24)21-12-6-10-16(21)18(22)20-13-14-7-2-1-3-8-14/h1-5,7-9,11,16H,6,10,12-13H2,(H,20,22)/t16-/m0/s1. The van der Waals surface area contributed by atoms with Crippen molar-refractivity contribution in [3.8, 4) is 0 Å². The number of sulfonamides is 1. The third-order valence-corrected chi connectivity index (χ3v) is 6.65. The first-order chi connectivity index (χ1) is 12.0. The Labute approximate surface area is 152 Å². The fourth-order valence-corrected chi connectivity index (χ4v) is 5.12. The minimum Gasteiger partial charge on any atom is -0.351 e. The fourth-order valence-electron chi connectivity index (χ4n) is 2.97. The molecular formula is C18H19ClN2O3S. The molecule has 1 saturated heterocycles. The first-order valence-electron chi connectivity index (χ1n) is 8.08. The predicted octanol–water partition coefficient (Wildman–Crippen LogP) is 2.81. The Morgan fingerprint density at radius 2 is 1.80 bits per heavy atom. The summed E-state index contributed by atoms with van der Waals surface area (Å²) in [4.78, 5) is 12.6. The topological polar surface area (TPSA) is 66.5 Å². The van der Waals surface area contributed by atoms with Gasteiger partial charge < -0.3 is 5.32 Å². The van der Waals surface area contributed by atoms with Crippen LogP contribution in [-0.2, 0) is 21.4 Å². The molecule has 1 aliphatic rings. The van der Waals surface area contributed by atoms with Crippen LogP contribution in [0.4, 0.5) is 0 Å². The zero-order valence-electron chi connectivity index (χ0n) is 13.6. The van der Waals surface area contributed by atoms with Crippen LogP contribution in [0.2, 0.25) is 5.02 Å². The molecule has 3 rings (SSSR count). The second kappa shape index (κ2) is 7.56. The van der Waals surface area contributed by atoms with E-state index in [1.807, 2.05) is 30.3 Å². The van der Waals surface area contributed by atoms with Gasteiger partial charge >= 0.3 is 0 Å². The molecule has 132 valence electrons. The van der Waals surface area contributed by atoms with E-state index in [9.17, 15) is 13.2 Å². The molecule has 1 N–H and O–H groups in total. The Morgan fingerprint density at radius 3 is 2.52 bits per heavy atom.